The van der Waals surface area contributed by atoms with E-state index in [0.717, 1.165) is 0 Å². The number of sulfonamides is 1. The Kier molecular flexibility index (Phi) is 6.51. The van der Waals surface area contributed by atoms with Crippen LogP contribution in [0.3, 0.4) is 0 Å². The number of carboxylic acid groups (broad SMARTS) is 1. The van der Waals surface area contributed by atoms with Crippen molar-refractivity contribution in [1.29, 1.82) is 0 Å². The third-order valence-corrected chi connectivity index (χ3v) is 2.63. The minimum Gasteiger partial charge on any atom is -0.480 e. The number of aliphatic carboxylic acids is 1. The normalized spacial score (nSPS) is 12.8. The topological polar surface area (TPSA) is 139 Å². The third-order valence-electron chi connectivity index (χ3n) is 1.85. The molecule has 0 aromatic rings. The van der Waals surface area contributed by atoms with E-state index >= 15 is 0 Å². The highest BCUT2D eigenvalue weighted by Gasteiger charge is 2.18. The molecule has 0 unspecified atom stereocenters. The Bertz CT molecular complexity index is 367. The first-order chi connectivity index (χ1) is 7.76. The van der Waals surface area contributed by atoms with Crippen LogP contribution < -0.4 is 15.8 Å². The van der Waals surface area contributed by atoms with Crippen LogP contribution in [0.1, 0.15) is 19.8 Å². The van der Waals surface area contributed by atoms with E-state index in [-0.39, 0.29) is 6.54 Å². The van der Waals surface area contributed by atoms with Gasteiger partial charge in [-0.2, -0.15) is 0 Å². The van der Waals surface area contributed by atoms with Gasteiger partial charge in [-0.3, -0.25) is 0 Å². The standard InChI is InChI=1S/C8H17N3O5S/c1-2-3-6(7(12)13)11-8(14)10-4-5-17(9,15)16/h6H,2-5H2,1H3,(H,12,13)(H2,9,15,16)(H2,10,11,14)/t6-/m1/s1. The van der Waals surface area contributed by atoms with E-state index in [1.54, 1.807) is 6.92 Å². The summed E-state index contributed by atoms with van der Waals surface area (Å²) < 4.78 is 21.1. The molecule has 17 heavy (non-hydrogen) atoms. The SMILES string of the molecule is CCC[C@@H](NC(=O)NCCS(N)(=O)=O)C(=O)O. The Morgan fingerprint density at radius 3 is 2.41 bits per heavy atom. The summed E-state index contributed by atoms with van der Waals surface area (Å²) in [5.74, 6) is -1.53. The van der Waals surface area contributed by atoms with Crippen LogP contribution in [-0.4, -0.2) is 43.9 Å². The number of hydrogen-bond donors (Lipinski definition) is 4. The molecule has 5 N–H and O–H groups in total. The number of hydrogen-bond acceptors (Lipinski definition) is 4. The molecule has 0 aliphatic carbocycles. The van der Waals surface area contributed by atoms with Gasteiger partial charge < -0.3 is 15.7 Å². The molecule has 0 bridgehead atoms. The van der Waals surface area contributed by atoms with Crippen LogP contribution in [0, 0.1) is 0 Å². The summed E-state index contributed by atoms with van der Waals surface area (Å²) >= 11 is 0. The van der Waals surface area contributed by atoms with Crippen LogP contribution in [0.5, 0.6) is 0 Å². The van der Waals surface area contributed by atoms with E-state index in [4.69, 9.17) is 10.2 Å². The predicted octanol–water partition coefficient (Wildman–Crippen LogP) is -1.17. The fourth-order valence-corrected chi connectivity index (χ4v) is 1.45. The van der Waals surface area contributed by atoms with Crippen LogP contribution in [0.2, 0.25) is 0 Å². The molecule has 0 saturated heterocycles. The van der Waals surface area contributed by atoms with Crippen LogP contribution >= 0.6 is 0 Å². The highest BCUT2D eigenvalue weighted by atomic mass is 32.2. The van der Waals surface area contributed by atoms with E-state index in [9.17, 15) is 18.0 Å². The molecule has 0 aromatic carbocycles. The van der Waals surface area contributed by atoms with Crippen molar-refractivity contribution in [1.82, 2.24) is 10.6 Å². The molecule has 0 saturated carbocycles. The lowest BCUT2D eigenvalue weighted by Gasteiger charge is -2.13. The summed E-state index contributed by atoms with van der Waals surface area (Å²) in [5, 5.41) is 17.9. The lowest BCUT2D eigenvalue weighted by Crippen LogP contribution is -2.47. The van der Waals surface area contributed by atoms with E-state index in [0.29, 0.717) is 12.8 Å². The van der Waals surface area contributed by atoms with E-state index in [1.807, 2.05) is 0 Å². The zero-order valence-electron chi connectivity index (χ0n) is 9.47. The van der Waals surface area contributed by atoms with Crippen LogP contribution in [0.15, 0.2) is 0 Å². The number of carbonyl (C=O) groups is 2. The number of nitrogens with two attached hydrogens (primary N) is 1. The van der Waals surface area contributed by atoms with E-state index in [1.165, 1.54) is 0 Å². The number of amides is 2. The Morgan fingerprint density at radius 1 is 1.41 bits per heavy atom. The Labute approximate surface area is 99.6 Å². The summed E-state index contributed by atoms with van der Waals surface area (Å²) in [7, 11) is -3.63. The van der Waals surface area contributed by atoms with Gasteiger partial charge in [0.15, 0.2) is 0 Å². The van der Waals surface area contributed by atoms with Gasteiger partial charge in [-0.25, -0.2) is 23.1 Å². The zero-order chi connectivity index (χ0) is 13.5. The molecule has 0 radical (unpaired) electrons. The number of nitrogens with one attached hydrogen (secondary N) is 2. The highest BCUT2D eigenvalue weighted by molar-refractivity contribution is 7.89. The number of carboxylic acids is 1. The second-order valence-corrected chi connectivity index (χ2v) is 5.18. The van der Waals surface area contributed by atoms with Crippen molar-refractivity contribution in [2.24, 2.45) is 5.14 Å². The van der Waals surface area contributed by atoms with E-state index in [2.05, 4.69) is 10.6 Å². The van der Waals surface area contributed by atoms with Crippen LogP contribution in [0.4, 0.5) is 4.79 Å². The van der Waals surface area contributed by atoms with Gasteiger partial charge in [0.1, 0.15) is 6.04 Å². The van der Waals surface area contributed by atoms with Gasteiger partial charge >= 0.3 is 12.0 Å². The lowest BCUT2D eigenvalue weighted by molar-refractivity contribution is -0.139. The van der Waals surface area contributed by atoms with Crippen molar-refractivity contribution < 1.29 is 23.1 Å². The molecule has 9 heteroatoms. The fourth-order valence-electron chi connectivity index (χ4n) is 1.06. The average molecular weight is 267 g/mol. The summed E-state index contributed by atoms with van der Waals surface area (Å²) in [4.78, 5) is 21.9. The van der Waals surface area contributed by atoms with Gasteiger partial charge in [0.05, 0.1) is 5.75 Å². The second-order valence-electron chi connectivity index (χ2n) is 3.45. The van der Waals surface area contributed by atoms with Crippen molar-refractivity contribution in [2.45, 2.75) is 25.8 Å². The summed E-state index contributed by atoms with van der Waals surface area (Å²) in [5.41, 5.74) is 0. The maximum absolute atomic E-state index is 11.2. The molecular weight excluding hydrogens is 250 g/mol. The van der Waals surface area contributed by atoms with Gasteiger partial charge in [0, 0.05) is 6.54 Å². The zero-order valence-corrected chi connectivity index (χ0v) is 10.3. The Hall–Kier alpha value is -1.35. The summed E-state index contributed by atoms with van der Waals surface area (Å²) in [6.45, 7) is 1.62. The molecule has 0 aliphatic rings. The predicted molar refractivity (Wildman–Crippen MR) is 60.8 cm³/mol. The molecule has 1 atom stereocenters. The van der Waals surface area contributed by atoms with Crippen molar-refractivity contribution >= 4 is 22.0 Å². The van der Waals surface area contributed by atoms with E-state index < -0.39 is 33.8 Å². The lowest BCUT2D eigenvalue weighted by atomic mass is 10.2. The first kappa shape index (κ1) is 15.7. The Morgan fingerprint density at radius 2 is 2.00 bits per heavy atom. The quantitative estimate of drug-likeness (QED) is 0.460. The number of rotatable bonds is 7. The number of primary sulfonamides is 1. The summed E-state index contributed by atoms with van der Waals surface area (Å²) in [6.07, 6.45) is 0.909. The molecule has 0 spiro atoms. The molecule has 2 amide bonds. The second kappa shape index (κ2) is 7.07. The minimum atomic E-state index is -3.63. The molecule has 100 valence electrons. The summed E-state index contributed by atoms with van der Waals surface area (Å²) in [6, 6.07) is -1.70. The minimum absolute atomic E-state index is 0.164. The monoisotopic (exact) mass is 267 g/mol. The molecular formula is C8H17N3O5S. The number of urea groups is 1. The maximum Gasteiger partial charge on any atom is 0.326 e. The first-order valence-electron chi connectivity index (χ1n) is 5.04. The smallest absolute Gasteiger partial charge is 0.326 e. The molecule has 0 aromatic heterocycles. The van der Waals surface area contributed by atoms with Crippen LogP contribution in [0.25, 0.3) is 0 Å². The largest absolute Gasteiger partial charge is 0.480 e. The van der Waals surface area contributed by atoms with Gasteiger partial charge in [0.25, 0.3) is 0 Å². The van der Waals surface area contributed by atoms with Crippen molar-refractivity contribution in [3.05, 3.63) is 0 Å². The van der Waals surface area contributed by atoms with Gasteiger partial charge in [0.2, 0.25) is 10.0 Å². The van der Waals surface area contributed by atoms with Crippen molar-refractivity contribution in [3.8, 4) is 0 Å². The molecule has 0 rings (SSSR count). The van der Waals surface area contributed by atoms with Gasteiger partial charge in [-0.05, 0) is 6.42 Å². The van der Waals surface area contributed by atoms with Crippen molar-refractivity contribution in [3.63, 3.8) is 0 Å². The van der Waals surface area contributed by atoms with Crippen molar-refractivity contribution in [2.75, 3.05) is 12.3 Å². The first-order valence-corrected chi connectivity index (χ1v) is 6.75. The maximum atomic E-state index is 11.2. The fraction of sp³-hybridized carbons (Fsp3) is 0.750. The molecule has 8 nitrogen and oxygen atoms in total. The highest BCUT2D eigenvalue weighted by Crippen LogP contribution is 1.96. The number of carbonyl (C=O) groups excluding carboxylic acids is 1. The molecule has 0 heterocycles. The Balaban J connectivity index is 4.03. The molecule has 0 aliphatic heterocycles. The van der Waals surface area contributed by atoms with Gasteiger partial charge in [-0.15, -0.1) is 0 Å². The third kappa shape index (κ3) is 8.46. The molecule has 0 fully saturated rings. The van der Waals surface area contributed by atoms with Gasteiger partial charge in [-0.1, -0.05) is 13.3 Å². The van der Waals surface area contributed by atoms with Crippen LogP contribution in [-0.2, 0) is 14.8 Å². The average Bonchev–Trinajstić information content (AvgIpc) is 2.14.